The van der Waals surface area contributed by atoms with Gasteiger partial charge in [0.05, 0.1) is 6.54 Å². The number of nitrogens with zero attached hydrogens (tertiary/aromatic N) is 1. The largest absolute Gasteiger partial charge is 0.354 e. The number of amides is 1. The number of halogens is 2. The fourth-order valence-electron chi connectivity index (χ4n) is 2.41. The van der Waals surface area contributed by atoms with Gasteiger partial charge in [-0.05, 0) is 12.3 Å². The van der Waals surface area contributed by atoms with E-state index in [4.69, 9.17) is 0 Å². The highest BCUT2D eigenvalue weighted by Crippen LogP contribution is 2.39. The number of carbonyl (C=O) groups is 1. The van der Waals surface area contributed by atoms with Crippen LogP contribution in [0.2, 0.25) is 0 Å². The number of piperazine rings is 1. The SMILES string of the molecule is O=C1CN(CC2CCC(F)(F)C2)CCN1. The minimum absolute atomic E-state index is 0.00556. The lowest BCUT2D eigenvalue weighted by molar-refractivity contribution is -0.124. The first kappa shape index (κ1) is 10.8. The molecular formula is C10H16F2N2O. The molecule has 1 aliphatic carbocycles. The van der Waals surface area contributed by atoms with Crippen LogP contribution in [0.25, 0.3) is 0 Å². The van der Waals surface area contributed by atoms with E-state index >= 15 is 0 Å². The van der Waals surface area contributed by atoms with E-state index in [0.29, 0.717) is 26.1 Å². The van der Waals surface area contributed by atoms with Gasteiger partial charge in [-0.15, -0.1) is 0 Å². The molecule has 0 radical (unpaired) electrons. The minimum atomic E-state index is -2.47. The van der Waals surface area contributed by atoms with Crippen molar-refractivity contribution in [3.63, 3.8) is 0 Å². The van der Waals surface area contributed by atoms with Crippen molar-refractivity contribution >= 4 is 5.91 Å². The average molecular weight is 218 g/mol. The maximum Gasteiger partial charge on any atom is 0.248 e. The van der Waals surface area contributed by atoms with Crippen LogP contribution in [-0.4, -0.2) is 42.9 Å². The van der Waals surface area contributed by atoms with E-state index in [1.807, 2.05) is 4.90 Å². The van der Waals surface area contributed by atoms with Crippen LogP contribution in [0.5, 0.6) is 0 Å². The summed E-state index contributed by atoms with van der Waals surface area (Å²) in [5, 5.41) is 2.72. The Morgan fingerprint density at radius 3 is 2.93 bits per heavy atom. The molecule has 1 saturated heterocycles. The molecule has 0 spiro atoms. The van der Waals surface area contributed by atoms with Gasteiger partial charge in [0, 0.05) is 32.5 Å². The summed E-state index contributed by atoms with van der Waals surface area (Å²) in [5.41, 5.74) is 0. The Balaban J connectivity index is 1.80. The van der Waals surface area contributed by atoms with Gasteiger partial charge in [0.1, 0.15) is 0 Å². The van der Waals surface area contributed by atoms with Crippen molar-refractivity contribution in [2.45, 2.75) is 25.2 Å². The van der Waals surface area contributed by atoms with E-state index in [1.54, 1.807) is 0 Å². The molecule has 1 aliphatic heterocycles. The third kappa shape index (κ3) is 2.87. The van der Waals surface area contributed by atoms with Gasteiger partial charge in [0.15, 0.2) is 0 Å². The first-order valence-corrected chi connectivity index (χ1v) is 5.42. The molecule has 2 fully saturated rings. The molecule has 2 aliphatic rings. The normalized spacial score (nSPS) is 31.6. The second kappa shape index (κ2) is 4.04. The van der Waals surface area contributed by atoms with Crippen LogP contribution in [0, 0.1) is 5.92 Å². The lowest BCUT2D eigenvalue weighted by Crippen LogP contribution is -2.48. The van der Waals surface area contributed by atoms with E-state index < -0.39 is 5.92 Å². The zero-order valence-corrected chi connectivity index (χ0v) is 8.64. The Morgan fingerprint density at radius 1 is 1.53 bits per heavy atom. The lowest BCUT2D eigenvalue weighted by atomic mass is 10.1. The Labute approximate surface area is 87.8 Å². The maximum atomic E-state index is 12.9. The predicted octanol–water partition coefficient (Wildman–Crippen LogP) is 0.854. The summed E-state index contributed by atoms with van der Waals surface area (Å²) in [6, 6.07) is 0. The molecule has 1 heterocycles. The zero-order chi connectivity index (χ0) is 10.9. The fourth-order valence-corrected chi connectivity index (χ4v) is 2.41. The highest BCUT2D eigenvalue weighted by atomic mass is 19.3. The molecule has 2 rings (SSSR count). The fraction of sp³-hybridized carbons (Fsp3) is 0.900. The van der Waals surface area contributed by atoms with Crippen molar-refractivity contribution in [1.29, 1.82) is 0 Å². The van der Waals surface area contributed by atoms with Crippen molar-refractivity contribution in [3.8, 4) is 0 Å². The molecule has 3 nitrogen and oxygen atoms in total. The van der Waals surface area contributed by atoms with E-state index in [9.17, 15) is 13.6 Å². The topological polar surface area (TPSA) is 32.3 Å². The third-order valence-electron chi connectivity index (χ3n) is 3.14. The maximum absolute atomic E-state index is 12.9. The van der Waals surface area contributed by atoms with E-state index in [0.717, 1.165) is 6.54 Å². The van der Waals surface area contributed by atoms with Gasteiger partial charge < -0.3 is 5.32 Å². The monoisotopic (exact) mass is 218 g/mol. The predicted molar refractivity (Wildman–Crippen MR) is 51.7 cm³/mol. The molecule has 1 amide bonds. The number of alkyl halides is 2. The summed E-state index contributed by atoms with van der Waals surface area (Å²) >= 11 is 0. The second-order valence-electron chi connectivity index (χ2n) is 4.55. The van der Waals surface area contributed by atoms with Crippen molar-refractivity contribution in [1.82, 2.24) is 10.2 Å². The van der Waals surface area contributed by atoms with Crippen LogP contribution in [0.15, 0.2) is 0 Å². The number of nitrogens with one attached hydrogen (secondary N) is 1. The summed E-state index contributed by atoms with van der Waals surface area (Å²) in [7, 11) is 0. The first-order valence-electron chi connectivity index (χ1n) is 5.42. The van der Waals surface area contributed by atoms with Crippen LogP contribution in [0.3, 0.4) is 0 Å². The third-order valence-corrected chi connectivity index (χ3v) is 3.14. The summed E-state index contributed by atoms with van der Waals surface area (Å²) < 4.78 is 25.9. The van der Waals surface area contributed by atoms with Crippen molar-refractivity contribution < 1.29 is 13.6 Å². The van der Waals surface area contributed by atoms with Crippen LogP contribution < -0.4 is 5.32 Å². The Morgan fingerprint density at radius 2 is 2.33 bits per heavy atom. The highest BCUT2D eigenvalue weighted by Gasteiger charge is 2.40. The Bertz CT molecular complexity index is 258. The van der Waals surface area contributed by atoms with Gasteiger partial charge >= 0.3 is 0 Å². The minimum Gasteiger partial charge on any atom is -0.354 e. The number of hydrogen-bond donors (Lipinski definition) is 1. The van der Waals surface area contributed by atoms with Gasteiger partial charge in [-0.2, -0.15) is 0 Å². The Hall–Kier alpha value is -0.710. The van der Waals surface area contributed by atoms with Gasteiger partial charge in [0.2, 0.25) is 11.8 Å². The van der Waals surface area contributed by atoms with Gasteiger partial charge in [-0.3, -0.25) is 9.69 Å². The summed E-state index contributed by atoms with van der Waals surface area (Å²) in [5.74, 6) is -2.40. The molecule has 0 aromatic carbocycles. The van der Waals surface area contributed by atoms with Crippen molar-refractivity contribution in [3.05, 3.63) is 0 Å². The van der Waals surface area contributed by atoms with E-state index in [2.05, 4.69) is 5.32 Å². The molecule has 1 N–H and O–H groups in total. The standard InChI is InChI=1S/C10H16F2N2O/c11-10(12)2-1-8(5-10)6-14-4-3-13-9(15)7-14/h8H,1-7H2,(H,13,15). The Kier molecular flexibility index (Phi) is 2.91. The van der Waals surface area contributed by atoms with Crippen LogP contribution >= 0.6 is 0 Å². The van der Waals surface area contributed by atoms with Gasteiger partial charge in [-0.25, -0.2) is 8.78 Å². The smallest absolute Gasteiger partial charge is 0.248 e. The lowest BCUT2D eigenvalue weighted by Gasteiger charge is -2.28. The summed E-state index contributed by atoms with van der Waals surface area (Å²) in [6.45, 7) is 2.43. The molecule has 1 atom stereocenters. The summed E-state index contributed by atoms with van der Waals surface area (Å²) in [4.78, 5) is 13.1. The highest BCUT2D eigenvalue weighted by molar-refractivity contribution is 5.78. The van der Waals surface area contributed by atoms with Crippen LogP contribution in [0.4, 0.5) is 8.78 Å². The molecule has 0 aromatic rings. The second-order valence-corrected chi connectivity index (χ2v) is 4.55. The zero-order valence-electron chi connectivity index (χ0n) is 8.64. The number of hydrogen-bond acceptors (Lipinski definition) is 2. The first-order chi connectivity index (χ1) is 7.05. The average Bonchev–Trinajstić information content (AvgIpc) is 2.45. The van der Waals surface area contributed by atoms with E-state index in [1.165, 1.54) is 0 Å². The number of rotatable bonds is 2. The van der Waals surface area contributed by atoms with Crippen molar-refractivity contribution in [2.24, 2.45) is 5.92 Å². The van der Waals surface area contributed by atoms with Gasteiger partial charge in [0.25, 0.3) is 0 Å². The number of carbonyl (C=O) groups excluding carboxylic acids is 1. The van der Waals surface area contributed by atoms with Crippen LogP contribution in [0.1, 0.15) is 19.3 Å². The molecule has 1 saturated carbocycles. The molecule has 1 unspecified atom stereocenters. The van der Waals surface area contributed by atoms with Gasteiger partial charge in [-0.1, -0.05) is 0 Å². The molecular weight excluding hydrogens is 202 g/mol. The van der Waals surface area contributed by atoms with E-state index in [-0.39, 0.29) is 24.7 Å². The molecule has 0 bridgehead atoms. The molecule has 15 heavy (non-hydrogen) atoms. The van der Waals surface area contributed by atoms with Crippen molar-refractivity contribution in [2.75, 3.05) is 26.2 Å². The quantitative estimate of drug-likeness (QED) is 0.745. The molecule has 0 aromatic heterocycles. The molecule has 5 heteroatoms. The summed E-state index contributed by atoms with van der Waals surface area (Å²) in [6.07, 6.45) is 0.591. The van der Waals surface area contributed by atoms with Crippen LogP contribution in [-0.2, 0) is 4.79 Å². The molecule has 86 valence electrons.